The van der Waals surface area contributed by atoms with Crippen LogP contribution in [0, 0.1) is 19.7 Å². The number of benzene rings is 1. The number of sulfonamides is 1. The van der Waals surface area contributed by atoms with E-state index in [1.165, 1.54) is 34.1 Å². The van der Waals surface area contributed by atoms with Crippen molar-refractivity contribution in [2.75, 3.05) is 0 Å². The van der Waals surface area contributed by atoms with E-state index >= 15 is 0 Å². The molecule has 0 radical (unpaired) electrons. The molecular formula is C13H12ClFN4O2S2. The van der Waals surface area contributed by atoms with E-state index in [9.17, 15) is 12.8 Å². The maximum atomic E-state index is 13.1. The normalized spacial score (nSPS) is 12.2. The fourth-order valence-electron chi connectivity index (χ4n) is 2.13. The zero-order chi connectivity index (χ0) is 16.8. The monoisotopic (exact) mass is 374 g/mol. The molecule has 0 aliphatic heterocycles. The van der Waals surface area contributed by atoms with Crippen molar-refractivity contribution in [3.63, 3.8) is 0 Å². The predicted molar refractivity (Wildman–Crippen MR) is 85.8 cm³/mol. The molecule has 3 rings (SSSR count). The van der Waals surface area contributed by atoms with Crippen molar-refractivity contribution >= 4 is 37.9 Å². The second-order valence-electron chi connectivity index (χ2n) is 4.89. The van der Waals surface area contributed by atoms with Crippen LogP contribution in [0.25, 0.3) is 4.96 Å². The molecule has 10 heteroatoms. The Bertz CT molecular complexity index is 997. The summed E-state index contributed by atoms with van der Waals surface area (Å²) in [7, 11) is -3.82. The average molecular weight is 375 g/mol. The lowest BCUT2D eigenvalue weighted by Gasteiger charge is -2.07. The van der Waals surface area contributed by atoms with Crippen LogP contribution in [0.1, 0.15) is 16.3 Å². The first-order valence-corrected chi connectivity index (χ1v) is 9.22. The van der Waals surface area contributed by atoms with Gasteiger partial charge in [-0.05, 0) is 31.5 Å². The second-order valence-corrected chi connectivity index (χ2v) is 8.14. The van der Waals surface area contributed by atoms with Crippen molar-refractivity contribution in [1.82, 2.24) is 19.3 Å². The minimum Gasteiger partial charge on any atom is -0.221 e. The van der Waals surface area contributed by atoms with Gasteiger partial charge in [-0.1, -0.05) is 29.0 Å². The number of nitrogens with zero attached hydrogens (tertiary/aromatic N) is 3. The largest absolute Gasteiger partial charge is 0.260 e. The molecule has 0 saturated carbocycles. The summed E-state index contributed by atoms with van der Waals surface area (Å²) in [5.74, 6) is -0.551. The predicted octanol–water partition coefficient (Wildman–Crippen LogP) is 2.68. The lowest BCUT2D eigenvalue weighted by Crippen LogP contribution is -2.25. The molecule has 0 aliphatic rings. The Morgan fingerprint density at radius 2 is 2.13 bits per heavy atom. The Balaban J connectivity index is 1.91. The van der Waals surface area contributed by atoms with Crippen molar-refractivity contribution in [2.45, 2.75) is 25.4 Å². The Morgan fingerprint density at radius 3 is 2.83 bits per heavy atom. The van der Waals surface area contributed by atoms with E-state index in [0.717, 1.165) is 0 Å². The van der Waals surface area contributed by atoms with Crippen LogP contribution in [-0.2, 0) is 16.6 Å². The van der Waals surface area contributed by atoms with Crippen molar-refractivity contribution in [3.8, 4) is 0 Å². The number of halogens is 2. The summed E-state index contributed by atoms with van der Waals surface area (Å²) in [6, 6.07) is 4.04. The average Bonchev–Trinajstić information content (AvgIpc) is 2.94. The van der Waals surface area contributed by atoms with Crippen molar-refractivity contribution in [2.24, 2.45) is 0 Å². The molecule has 23 heavy (non-hydrogen) atoms. The third-order valence-corrected chi connectivity index (χ3v) is 5.75. The van der Waals surface area contributed by atoms with Gasteiger partial charge >= 0.3 is 0 Å². The highest BCUT2D eigenvalue weighted by Crippen LogP contribution is 2.22. The van der Waals surface area contributed by atoms with E-state index in [4.69, 9.17) is 11.6 Å². The summed E-state index contributed by atoms with van der Waals surface area (Å²) < 4.78 is 42.0. The summed E-state index contributed by atoms with van der Waals surface area (Å²) in [6.07, 6.45) is 0. The second kappa shape index (κ2) is 5.82. The first-order valence-electron chi connectivity index (χ1n) is 6.54. The summed E-state index contributed by atoms with van der Waals surface area (Å²) in [6.45, 7) is 3.37. The van der Waals surface area contributed by atoms with E-state index in [-0.39, 0.29) is 16.6 Å². The van der Waals surface area contributed by atoms with Gasteiger partial charge in [-0.3, -0.25) is 0 Å². The topological polar surface area (TPSA) is 76.4 Å². The molecule has 0 fully saturated rings. The zero-order valence-electron chi connectivity index (χ0n) is 12.2. The highest BCUT2D eigenvalue weighted by Gasteiger charge is 2.25. The number of hydrogen-bond acceptors (Lipinski definition) is 5. The molecule has 0 atom stereocenters. The van der Waals surface area contributed by atoms with Gasteiger partial charge in [0.25, 0.3) is 10.0 Å². The van der Waals surface area contributed by atoms with Crippen molar-refractivity contribution in [3.05, 3.63) is 45.3 Å². The van der Waals surface area contributed by atoms with Crippen LogP contribution in [0.4, 0.5) is 4.39 Å². The minimum absolute atomic E-state index is 0.00468. The lowest BCUT2D eigenvalue weighted by atomic mass is 10.2. The van der Waals surface area contributed by atoms with Gasteiger partial charge in [0.1, 0.15) is 10.8 Å². The van der Waals surface area contributed by atoms with Crippen molar-refractivity contribution < 1.29 is 12.8 Å². The lowest BCUT2D eigenvalue weighted by molar-refractivity contribution is 0.572. The molecule has 0 saturated heterocycles. The van der Waals surface area contributed by atoms with E-state index in [2.05, 4.69) is 14.8 Å². The first kappa shape index (κ1) is 16.3. The Kier molecular flexibility index (Phi) is 4.13. The van der Waals surface area contributed by atoms with Crippen LogP contribution in [0.2, 0.25) is 5.02 Å². The molecule has 0 spiro atoms. The molecule has 0 amide bonds. The number of rotatable bonds is 4. The molecule has 1 N–H and O–H groups in total. The molecule has 2 aromatic heterocycles. The number of fused-ring (bicyclic) bond motifs is 1. The molecule has 3 aromatic rings. The number of hydrogen-bond donors (Lipinski definition) is 1. The quantitative estimate of drug-likeness (QED) is 0.761. The molecule has 0 aliphatic carbocycles. The van der Waals surface area contributed by atoms with Gasteiger partial charge < -0.3 is 0 Å². The standard InChI is InChI=1S/C13H12ClFN4O2S2/c1-7-12(19-13(17-7)22-8(2)18-19)23(20,21)16-6-9-3-4-11(15)10(14)5-9/h3-5,16H,6H2,1-2H3. The van der Waals surface area contributed by atoms with Gasteiger partial charge in [-0.15, -0.1) is 0 Å². The minimum atomic E-state index is -3.82. The van der Waals surface area contributed by atoms with Crippen LogP contribution < -0.4 is 4.72 Å². The van der Waals surface area contributed by atoms with Gasteiger partial charge in [0.2, 0.25) is 4.96 Å². The summed E-state index contributed by atoms with van der Waals surface area (Å²) in [5, 5.41) is 4.83. The Morgan fingerprint density at radius 1 is 1.39 bits per heavy atom. The van der Waals surface area contributed by atoms with E-state index < -0.39 is 15.8 Å². The van der Waals surface area contributed by atoms with Crippen molar-refractivity contribution in [1.29, 1.82) is 0 Å². The first-order chi connectivity index (χ1) is 10.8. The molecule has 0 unspecified atom stereocenters. The summed E-state index contributed by atoms with van der Waals surface area (Å²) >= 11 is 7.01. The molecule has 1 aromatic carbocycles. The third-order valence-electron chi connectivity index (χ3n) is 3.13. The molecule has 122 valence electrons. The summed E-state index contributed by atoms with van der Waals surface area (Å²) in [5.41, 5.74) is 0.918. The fraction of sp³-hybridized carbons (Fsp3) is 0.231. The van der Waals surface area contributed by atoms with E-state index in [1.807, 2.05) is 0 Å². The number of nitrogens with one attached hydrogen (secondary N) is 1. The van der Waals surface area contributed by atoms with Crippen LogP contribution in [0.3, 0.4) is 0 Å². The maximum absolute atomic E-state index is 13.1. The van der Waals surface area contributed by atoms with Gasteiger partial charge in [0.05, 0.1) is 10.7 Å². The number of imidazole rings is 1. The highest BCUT2D eigenvalue weighted by molar-refractivity contribution is 7.89. The zero-order valence-corrected chi connectivity index (χ0v) is 14.6. The third kappa shape index (κ3) is 3.09. The van der Waals surface area contributed by atoms with Gasteiger partial charge in [-0.2, -0.15) is 9.61 Å². The van der Waals surface area contributed by atoms with Crippen LogP contribution >= 0.6 is 22.9 Å². The van der Waals surface area contributed by atoms with Crippen LogP contribution in [0.15, 0.2) is 23.2 Å². The Labute approximate surface area is 141 Å². The summed E-state index contributed by atoms with van der Waals surface area (Å²) in [4.78, 5) is 4.73. The molecular weight excluding hydrogens is 363 g/mol. The van der Waals surface area contributed by atoms with Gasteiger partial charge in [0.15, 0.2) is 5.03 Å². The number of aromatic nitrogens is 3. The SMILES string of the molecule is Cc1nn2c(S(=O)(=O)NCc3ccc(F)c(Cl)c3)c(C)nc2s1. The van der Waals surface area contributed by atoms with Crippen LogP contribution in [0.5, 0.6) is 0 Å². The van der Waals surface area contributed by atoms with Gasteiger partial charge in [0, 0.05) is 6.54 Å². The highest BCUT2D eigenvalue weighted by atomic mass is 35.5. The molecule has 0 bridgehead atoms. The maximum Gasteiger partial charge on any atom is 0.260 e. The molecule has 6 nitrogen and oxygen atoms in total. The van der Waals surface area contributed by atoms with E-state index in [1.54, 1.807) is 13.8 Å². The van der Waals surface area contributed by atoms with E-state index in [0.29, 0.717) is 21.2 Å². The van der Waals surface area contributed by atoms with Gasteiger partial charge in [-0.25, -0.2) is 22.5 Å². The number of aryl methyl sites for hydroxylation is 2. The molecule has 2 heterocycles. The fourth-order valence-corrected chi connectivity index (χ4v) is 4.46. The van der Waals surface area contributed by atoms with Crippen LogP contribution in [-0.4, -0.2) is 23.0 Å². The smallest absolute Gasteiger partial charge is 0.221 e. The Hall–Kier alpha value is -1.55.